The number of hydrogen-bond acceptors (Lipinski definition) is 2. The van der Waals surface area contributed by atoms with Gasteiger partial charge in [0.15, 0.2) is 0 Å². The number of nitrogens with zero attached hydrogens (tertiary/aromatic N) is 1. The van der Waals surface area contributed by atoms with E-state index in [0.717, 1.165) is 33.3 Å². The van der Waals surface area contributed by atoms with Crippen LogP contribution in [0.5, 0.6) is 0 Å². The fourth-order valence-electron chi connectivity index (χ4n) is 3.59. The quantitative estimate of drug-likeness (QED) is 0.348. The van der Waals surface area contributed by atoms with Crippen LogP contribution in [-0.2, 0) is 0 Å². The molecule has 0 saturated carbocycles. The molecule has 0 amide bonds. The van der Waals surface area contributed by atoms with Crippen molar-refractivity contribution in [3.05, 3.63) is 105 Å². The summed E-state index contributed by atoms with van der Waals surface area (Å²) in [6, 6.07) is 25.1. The van der Waals surface area contributed by atoms with E-state index in [1.165, 1.54) is 0 Å². The van der Waals surface area contributed by atoms with E-state index in [4.69, 9.17) is 11.6 Å². The van der Waals surface area contributed by atoms with Crippen LogP contribution in [0, 0.1) is 10.1 Å². The van der Waals surface area contributed by atoms with E-state index in [2.05, 4.69) is 4.98 Å². The van der Waals surface area contributed by atoms with Crippen LogP contribution in [0.2, 0.25) is 5.02 Å². The minimum atomic E-state index is -0.412. The van der Waals surface area contributed by atoms with E-state index in [9.17, 15) is 10.1 Å². The number of fused-ring (bicyclic) bond motifs is 1. The molecule has 0 aliphatic carbocycles. The molecule has 0 aliphatic rings. The molecule has 134 valence electrons. The van der Waals surface area contributed by atoms with Crippen molar-refractivity contribution in [3.8, 4) is 11.3 Å². The van der Waals surface area contributed by atoms with Gasteiger partial charge < -0.3 is 4.98 Å². The highest BCUT2D eigenvalue weighted by molar-refractivity contribution is 6.30. The number of halogens is 1. The molecule has 0 spiro atoms. The second kappa shape index (κ2) is 7.25. The maximum absolute atomic E-state index is 11.5. The molecule has 1 atom stereocenters. The predicted octanol–water partition coefficient (Wildman–Crippen LogP) is 5.90. The largest absolute Gasteiger partial charge is 0.354 e. The van der Waals surface area contributed by atoms with Gasteiger partial charge in [0, 0.05) is 20.8 Å². The Morgan fingerprint density at radius 3 is 2.44 bits per heavy atom. The summed E-state index contributed by atoms with van der Waals surface area (Å²) in [5.74, 6) is -0.412. The fraction of sp³-hybridized carbons (Fsp3) is 0.0909. The molecule has 0 saturated heterocycles. The third-order valence-corrected chi connectivity index (χ3v) is 4.97. The standard InChI is InChI=1S/C22H17ClN2O2/c23-17-10-6-9-16(13-17)19(14-25(26)27)21-18-11-4-5-12-20(18)24-22(21)15-7-2-1-3-8-15/h1-13,19,24H,14H2. The average Bonchev–Trinajstić information content (AvgIpc) is 3.06. The van der Waals surface area contributed by atoms with E-state index in [-0.39, 0.29) is 11.5 Å². The van der Waals surface area contributed by atoms with E-state index in [0.29, 0.717) is 5.02 Å². The maximum atomic E-state index is 11.5. The van der Waals surface area contributed by atoms with Gasteiger partial charge in [0.05, 0.1) is 11.6 Å². The lowest BCUT2D eigenvalue weighted by Crippen LogP contribution is -2.14. The van der Waals surface area contributed by atoms with Crippen molar-refractivity contribution in [2.45, 2.75) is 5.92 Å². The summed E-state index contributed by atoms with van der Waals surface area (Å²) in [6.45, 7) is -0.206. The Bertz CT molecular complexity index is 1110. The van der Waals surface area contributed by atoms with Crippen LogP contribution < -0.4 is 0 Å². The Kier molecular flexibility index (Phi) is 4.65. The van der Waals surface area contributed by atoms with E-state index < -0.39 is 5.92 Å². The molecular formula is C22H17ClN2O2. The van der Waals surface area contributed by atoms with Gasteiger partial charge in [-0.15, -0.1) is 0 Å². The Morgan fingerprint density at radius 2 is 1.70 bits per heavy atom. The van der Waals surface area contributed by atoms with Gasteiger partial charge >= 0.3 is 0 Å². The van der Waals surface area contributed by atoms with E-state index in [1.54, 1.807) is 6.07 Å². The molecule has 3 aromatic carbocycles. The molecule has 0 fully saturated rings. The molecule has 0 radical (unpaired) electrons. The molecule has 0 bridgehead atoms. The summed E-state index contributed by atoms with van der Waals surface area (Å²) in [5.41, 5.74) is 4.63. The zero-order valence-electron chi connectivity index (χ0n) is 14.4. The van der Waals surface area contributed by atoms with E-state index >= 15 is 0 Å². The minimum absolute atomic E-state index is 0.206. The highest BCUT2D eigenvalue weighted by atomic mass is 35.5. The summed E-state index contributed by atoms with van der Waals surface area (Å²) < 4.78 is 0. The number of rotatable bonds is 5. The first-order valence-electron chi connectivity index (χ1n) is 8.67. The van der Waals surface area contributed by atoms with Crippen LogP contribution in [0.1, 0.15) is 17.0 Å². The lowest BCUT2D eigenvalue weighted by Gasteiger charge is -2.16. The van der Waals surface area contributed by atoms with Gasteiger partial charge in [0.2, 0.25) is 6.54 Å². The first-order valence-corrected chi connectivity index (χ1v) is 9.04. The average molecular weight is 377 g/mol. The highest BCUT2D eigenvalue weighted by Crippen LogP contribution is 2.39. The predicted molar refractivity (Wildman–Crippen MR) is 109 cm³/mol. The number of H-pyrrole nitrogens is 1. The number of nitro groups is 1. The van der Waals surface area contributed by atoms with Gasteiger partial charge in [-0.3, -0.25) is 10.1 Å². The Balaban J connectivity index is 2.00. The number of aromatic amines is 1. The molecule has 1 aromatic heterocycles. The maximum Gasteiger partial charge on any atom is 0.214 e. The van der Waals surface area contributed by atoms with Gasteiger partial charge in [0.25, 0.3) is 0 Å². The summed E-state index contributed by atoms with van der Waals surface area (Å²) in [6.07, 6.45) is 0. The number of benzene rings is 3. The monoisotopic (exact) mass is 376 g/mol. The summed E-state index contributed by atoms with van der Waals surface area (Å²) >= 11 is 6.18. The Hall–Kier alpha value is -3.11. The number of nitrogens with one attached hydrogen (secondary N) is 1. The molecule has 1 N–H and O–H groups in total. The van der Waals surface area contributed by atoms with Crippen LogP contribution in [0.4, 0.5) is 0 Å². The van der Waals surface area contributed by atoms with Crippen molar-refractivity contribution >= 4 is 22.5 Å². The molecular weight excluding hydrogens is 360 g/mol. The van der Waals surface area contributed by atoms with Crippen molar-refractivity contribution in [3.63, 3.8) is 0 Å². The topological polar surface area (TPSA) is 58.9 Å². The van der Waals surface area contributed by atoms with Crippen molar-refractivity contribution in [1.82, 2.24) is 4.98 Å². The Morgan fingerprint density at radius 1 is 0.963 bits per heavy atom. The van der Waals surface area contributed by atoms with Crippen LogP contribution in [0.15, 0.2) is 78.9 Å². The first-order chi connectivity index (χ1) is 13.1. The summed E-state index contributed by atoms with van der Waals surface area (Å²) in [4.78, 5) is 14.7. The molecule has 0 aliphatic heterocycles. The first kappa shape index (κ1) is 17.3. The minimum Gasteiger partial charge on any atom is -0.354 e. The van der Waals surface area contributed by atoms with Gasteiger partial charge in [0.1, 0.15) is 0 Å². The van der Waals surface area contributed by atoms with Crippen LogP contribution in [-0.4, -0.2) is 16.5 Å². The summed E-state index contributed by atoms with van der Waals surface area (Å²) in [5, 5.41) is 13.1. The number of para-hydroxylation sites is 1. The normalized spacial score (nSPS) is 12.2. The van der Waals surface area contributed by atoms with Crippen LogP contribution in [0.25, 0.3) is 22.2 Å². The molecule has 27 heavy (non-hydrogen) atoms. The van der Waals surface area contributed by atoms with Crippen LogP contribution >= 0.6 is 11.6 Å². The van der Waals surface area contributed by atoms with Crippen molar-refractivity contribution in [2.24, 2.45) is 0 Å². The molecule has 1 heterocycles. The molecule has 4 nitrogen and oxygen atoms in total. The zero-order valence-corrected chi connectivity index (χ0v) is 15.2. The number of hydrogen-bond donors (Lipinski definition) is 1. The van der Waals surface area contributed by atoms with Gasteiger partial charge in [-0.2, -0.15) is 0 Å². The van der Waals surface area contributed by atoms with Gasteiger partial charge in [-0.1, -0.05) is 72.3 Å². The zero-order chi connectivity index (χ0) is 18.8. The second-order valence-corrected chi connectivity index (χ2v) is 6.88. The summed E-state index contributed by atoms with van der Waals surface area (Å²) in [7, 11) is 0. The third-order valence-electron chi connectivity index (χ3n) is 4.74. The third kappa shape index (κ3) is 3.44. The number of aromatic nitrogens is 1. The van der Waals surface area contributed by atoms with Crippen molar-refractivity contribution in [2.75, 3.05) is 6.54 Å². The highest BCUT2D eigenvalue weighted by Gasteiger charge is 2.27. The lowest BCUT2D eigenvalue weighted by molar-refractivity contribution is -0.481. The SMILES string of the molecule is O=[N+]([O-])CC(c1cccc(Cl)c1)c1c(-c2ccccc2)[nH]c2ccccc12. The molecule has 5 heteroatoms. The van der Waals surface area contributed by atoms with Crippen molar-refractivity contribution in [1.29, 1.82) is 0 Å². The van der Waals surface area contributed by atoms with Crippen LogP contribution in [0.3, 0.4) is 0 Å². The smallest absolute Gasteiger partial charge is 0.214 e. The van der Waals surface area contributed by atoms with Crippen molar-refractivity contribution < 1.29 is 4.92 Å². The Labute approximate surface area is 161 Å². The van der Waals surface area contributed by atoms with Gasteiger partial charge in [-0.25, -0.2) is 0 Å². The lowest BCUT2D eigenvalue weighted by atomic mass is 9.87. The molecule has 4 aromatic rings. The molecule has 4 rings (SSSR count). The molecule has 1 unspecified atom stereocenters. The fourth-order valence-corrected chi connectivity index (χ4v) is 3.79. The second-order valence-electron chi connectivity index (χ2n) is 6.45. The van der Waals surface area contributed by atoms with E-state index in [1.807, 2.05) is 72.8 Å². The van der Waals surface area contributed by atoms with Gasteiger partial charge in [-0.05, 0) is 34.9 Å².